The zero-order valence-corrected chi connectivity index (χ0v) is 13.4. The van der Waals surface area contributed by atoms with Gasteiger partial charge in [-0.15, -0.1) is 0 Å². The Bertz CT molecular complexity index is 741. The summed E-state index contributed by atoms with van der Waals surface area (Å²) in [6.07, 6.45) is -0.767. The first kappa shape index (κ1) is 16.5. The van der Waals surface area contributed by atoms with Gasteiger partial charge in [-0.1, -0.05) is 29.8 Å². The van der Waals surface area contributed by atoms with Gasteiger partial charge in [0.1, 0.15) is 5.75 Å². The Morgan fingerprint density at radius 2 is 1.83 bits per heavy atom. The highest BCUT2D eigenvalue weighted by atomic mass is 16.5. The van der Waals surface area contributed by atoms with Gasteiger partial charge in [-0.3, -0.25) is 9.59 Å². The average Bonchev–Trinajstić information content (AvgIpc) is 2.50. The molecule has 0 heterocycles. The zero-order valence-electron chi connectivity index (χ0n) is 13.4. The van der Waals surface area contributed by atoms with E-state index in [0.717, 1.165) is 16.8 Å². The number of aryl methyl sites for hydroxylation is 2. The zero-order chi connectivity index (χ0) is 17.0. The number of hydrogen-bond acceptors (Lipinski definition) is 3. The van der Waals surface area contributed by atoms with Crippen LogP contribution in [-0.4, -0.2) is 17.9 Å². The van der Waals surface area contributed by atoms with Gasteiger partial charge < -0.3 is 15.8 Å². The summed E-state index contributed by atoms with van der Waals surface area (Å²) in [5, 5.41) is 2.83. The molecule has 0 unspecified atom stereocenters. The number of ether oxygens (including phenoxy) is 1. The molecule has 2 aromatic carbocycles. The van der Waals surface area contributed by atoms with Crippen molar-refractivity contribution in [2.75, 3.05) is 5.32 Å². The minimum atomic E-state index is -0.767. The third-order valence-corrected chi connectivity index (χ3v) is 3.47. The molecule has 0 fully saturated rings. The Balaban J connectivity index is 2.10. The molecule has 0 spiro atoms. The Morgan fingerprint density at radius 1 is 1.13 bits per heavy atom. The molecule has 2 aromatic rings. The molecule has 2 amide bonds. The molecule has 23 heavy (non-hydrogen) atoms. The first-order valence-corrected chi connectivity index (χ1v) is 7.32. The van der Waals surface area contributed by atoms with Crippen LogP contribution < -0.4 is 15.8 Å². The minimum absolute atomic E-state index is 0.249. The average molecular weight is 312 g/mol. The van der Waals surface area contributed by atoms with Crippen LogP contribution >= 0.6 is 0 Å². The van der Waals surface area contributed by atoms with Crippen LogP contribution in [-0.2, 0) is 4.79 Å². The lowest BCUT2D eigenvalue weighted by atomic mass is 10.1. The molecule has 0 bridgehead atoms. The lowest BCUT2D eigenvalue weighted by Crippen LogP contribution is -2.31. The molecular weight excluding hydrogens is 292 g/mol. The summed E-state index contributed by atoms with van der Waals surface area (Å²) in [6.45, 7) is 5.54. The van der Waals surface area contributed by atoms with Gasteiger partial charge >= 0.3 is 0 Å². The maximum atomic E-state index is 12.3. The van der Waals surface area contributed by atoms with E-state index in [2.05, 4.69) is 5.32 Å². The lowest BCUT2D eigenvalue weighted by molar-refractivity contribution is -0.122. The smallest absolute Gasteiger partial charge is 0.265 e. The molecule has 3 N–H and O–H groups in total. The van der Waals surface area contributed by atoms with Gasteiger partial charge in [0.25, 0.3) is 11.8 Å². The fourth-order valence-electron chi connectivity index (χ4n) is 2.21. The highest BCUT2D eigenvalue weighted by Gasteiger charge is 2.18. The second kappa shape index (κ2) is 6.96. The second-order valence-electron chi connectivity index (χ2n) is 5.43. The molecule has 0 saturated carbocycles. The van der Waals surface area contributed by atoms with Crippen molar-refractivity contribution in [3.05, 3.63) is 59.2 Å². The fourth-order valence-corrected chi connectivity index (χ4v) is 2.21. The number of benzene rings is 2. The molecule has 5 nitrogen and oxygen atoms in total. The number of hydrogen-bond donors (Lipinski definition) is 2. The van der Waals surface area contributed by atoms with E-state index < -0.39 is 12.0 Å². The van der Waals surface area contributed by atoms with E-state index in [9.17, 15) is 9.59 Å². The number of amides is 2. The van der Waals surface area contributed by atoms with Gasteiger partial charge in [-0.2, -0.15) is 0 Å². The number of carbonyl (C=O) groups is 2. The lowest BCUT2D eigenvalue weighted by Gasteiger charge is -2.17. The van der Waals surface area contributed by atoms with E-state index in [0.29, 0.717) is 5.75 Å². The van der Waals surface area contributed by atoms with Crippen molar-refractivity contribution in [1.82, 2.24) is 0 Å². The molecule has 0 radical (unpaired) electrons. The quantitative estimate of drug-likeness (QED) is 0.890. The van der Waals surface area contributed by atoms with Gasteiger partial charge in [0.2, 0.25) is 0 Å². The van der Waals surface area contributed by atoms with Crippen LogP contribution in [0.4, 0.5) is 5.69 Å². The van der Waals surface area contributed by atoms with E-state index in [-0.39, 0.29) is 11.5 Å². The summed E-state index contributed by atoms with van der Waals surface area (Å²) in [5.41, 5.74) is 8.39. The Morgan fingerprint density at radius 3 is 2.48 bits per heavy atom. The molecule has 0 aliphatic rings. The Hall–Kier alpha value is -2.82. The third-order valence-electron chi connectivity index (χ3n) is 3.47. The molecule has 0 aromatic heterocycles. The van der Waals surface area contributed by atoms with Crippen molar-refractivity contribution < 1.29 is 14.3 Å². The monoisotopic (exact) mass is 312 g/mol. The van der Waals surface area contributed by atoms with E-state index in [1.807, 2.05) is 32.0 Å². The maximum Gasteiger partial charge on any atom is 0.265 e. The van der Waals surface area contributed by atoms with Crippen LogP contribution in [0.5, 0.6) is 5.75 Å². The topological polar surface area (TPSA) is 81.4 Å². The van der Waals surface area contributed by atoms with Crippen molar-refractivity contribution in [3.8, 4) is 5.75 Å². The van der Waals surface area contributed by atoms with Gasteiger partial charge in [0.05, 0.1) is 5.56 Å². The molecule has 2 rings (SSSR count). The van der Waals surface area contributed by atoms with Crippen LogP contribution in [0.2, 0.25) is 0 Å². The summed E-state index contributed by atoms with van der Waals surface area (Å²) in [4.78, 5) is 23.7. The van der Waals surface area contributed by atoms with Crippen LogP contribution in [0.1, 0.15) is 28.4 Å². The summed E-state index contributed by atoms with van der Waals surface area (Å²) >= 11 is 0. The van der Waals surface area contributed by atoms with E-state index in [1.54, 1.807) is 31.2 Å². The summed E-state index contributed by atoms with van der Waals surface area (Å²) < 4.78 is 5.59. The number of para-hydroxylation sites is 1. The molecule has 0 aliphatic heterocycles. The highest BCUT2D eigenvalue weighted by molar-refractivity contribution is 5.97. The largest absolute Gasteiger partial charge is 0.480 e. The van der Waals surface area contributed by atoms with Crippen molar-refractivity contribution in [3.63, 3.8) is 0 Å². The maximum absolute atomic E-state index is 12.3. The normalized spacial score (nSPS) is 11.6. The number of nitrogens with two attached hydrogens (primary N) is 1. The van der Waals surface area contributed by atoms with Crippen LogP contribution in [0.25, 0.3) is 0 Å². The van der Waals surface area contributed by atoms with Crippen molar-refractivity contribution in [2.24, 2.45) is 5.73 Å². The van der Waals surface area contributed by atoms with Crippen LogP contribution in [0.15, 0.2) is 42.5 Å². The van der Waals surface area contributed by atoms with Crippen LogP contribution in [0, 0.1) is 13.8 Å². The summed E-state index contributed by atoms with van der Waals surface area (Å²) in [7, 11) is 0. The van der Waals surface area contributed by atoms with Crippen molar-refractivity contribution in [1.29, 1.82) is 0 Å². The summed E-state index contributed by atoms with van der Waals surface area (Å²) in [6, 6.07) is 12.4. The predicted molar refractivity (Wildman–Crippen MR) is 89.6 cm³/mol. The van der Waals surface area contributed by atoms with Gasteiger partial charge in [-0.25, -0.2) is 0 Å². The minimum Gasteiger partial charge on any atom is -0.480 e. The van der Waals surface area contributed by atoms with Gasteiger partial charge in [-0.05, 0) is 44.5 Å². The van der Waals surface area contributed by atoms with Crippen LogP contribution in [0.3, 0.4) is 0 Å². The first-order valence-electron chi connectivity index (χ1n) is 7.32. The van der Waals surface area contributed by atoms with Crippen molar-refractivity contribution in [2.45, 2.75) is 26.9 Å². The van der Waals surface area contributed by atoms with E-state index in [4.69, 9.17) is 10.5 Å². The molecule has 0 aliphatic carbocycles. The second-order valence-corrected chi connectivity index (χ2v) is 5.43. The molecular formula is C18H20N2O3. The SMILES string of the molecule is Cc1ccc(NC(=O)[C@H](C)Oc2ccccc2C(N)=O)c(C)c1. The number of rotatable bonds is 5. The van der Waals surface area contributed by atoms with Gasteiger partial charge in [0, 0.05) is 5.69 Å². The molecule has 1 atom stereocenters. The summed E-state index contributed by atoms with van der Waals surface area (Å²) in [5.74, 6) is -0.595. The third kappa shape index (κ3) is 4.10. The van der Waals surface area contributed by atoms with Crippen molar-refractivity contribution >= 4 is 17.5 Å². The number of primary amides is 1. The number of carbonyl (C=O) groups excluding carboxylic acids is 2. The van der Waals surface area contributed by atoms with E-state index in [1.165, 1.54) is 0 Å². The predicted octanol–water partition coefficient (Wildman–Crippen LogP) is 2.81. The molecule has 0 saturated heterocycles. The fraction of sp³-hybridized carbons (Fsp3) is 0.222. The van der Waals surface area contributed by atoms with E-state index >= 15 is 0 Å². The molecule has 5 heteroatoms. The standard InChI is InChI=1S/C18H20N2O3/c1-11-8-9-15(12(2)10-11)20-18(22)13(3)23-16-7-5-4-6-14(16)17(19)21/h4-10,13H,1-3H3,(H2,19,21)(H,20,22)/t13-/m0/s1. The van der Waals surface area contributed by atoms with Gasteiger partial charge in [0.15, 0.2) is 6.10 Å². The first-order chi connectivity index (χ1) is 10.9. The Kier molecular flexibility index (Phi) is 5.01. The number of anilines is 1. The molecule has 120 valence electrons. The number of nitrogens with one attached hydrogen (secondary N) is 1. The Labute approximate surface area is 135 Å². The highest BCUT2D eigenvalue weighted by Crippen LogP contribution is 2.20.